The Hall–Kier alpha value is -1.13. The van der Waals surface area contributed by atoms with E-state index in [0.717, 1.165) is 6.54 Å². The highest BCUT2D eigenvalue weighted by atomic mass is 35.5. The number of hydrogen-bond acceptors (Lipinski definition) is 2. The second-order valence-electron chi connectivity index (χ2n) is 3.84. The van der Waals surface area contributed by atoms with Crippen molar-refractivity contribution in [3.8, 4) is 0 Å². The zero-order valence-electron chi connectivity index (χ0n) is 9.89. The van der Waals surface area contributed by atoms with E-state index < -0.39 is 5.82 Å². The smallest absolute Gasteiger partial charge is 0.225 e. The number of nitrogens with one attached hydrogen (secondary N) is 2. The first-order valence-corrected chi connectivity index (χ1v) is 5.89. The van der Waals surface area contributed by atoms with Crippen LogP contribution in [0.3, 0.4) is 0 Å². The maximum atomic E-state index is 12.8. The van der Waals surface area contributed by atoms with Crippen molar-refractivity contribution in [1.82, 2.24) is 5.32 Å². The van der Waals surface area contributed by atoms with Crippen LogP contribution in [-0.2, 0) is 4.79 Å². The van der Waals surface area contributed by atoms with Crippen LogP contribution in [-0.4, -0.2) is 18.5 Å². The third kappa shape index (κ3) is 4.71. The van der Waals surface area contributed by atoms with Crippen molar-refractivity contribution in [2.45, 2.75) is 26.3 Å². The summed E-state index contributed by atoms with van der Waals surface area (Å²) in [4.78, 5) is 11.6. The van der Waals surface area contributed by atoms with Crippen LogP contribution < -0.4 is 10.6 Å². The summed E-state index contributed by atoms with van der Waals surface area (Å²) in [5.74, 6) is -0.569. The molecule has 0 aliphatic carbocycles. The Labute approximate surface area is 105 Å². The number of amides is 1. The third-order valence-corrected chi connectivity index (χ3v) is 2.56. The number of benzene rings is 1. The van der Waals surface area contributed by atoms with Crippen molar-refractivity contribution in [2.24, 2.45) is 0 Å². The van der Waals surface area contributed by atoms with Gasteiger partial charge in [-0.2, -0.15) is 0 Å². The average Bonchev–Trinajstić information content (AvgIpc) is 2.22. The van der Waals surface area contributed by atoms with E-state index >= 15 is 0 Å². The lowest BCUT2D eigenvalue weighted by atomic mass is 10.2. The van der Waals surface area contributed by atoms with E-state index in [2.05, 4.69) is 10.6 Å². The van der Waals surface area contributed by atoms with Gasteiger partial charge in [0.15, 0.2) is 0 Å². The highest BCUT2D eigenvalue weighted by Crippen LogP contribution is 2.22. The summed E-state index contributed by atoms with van der Waals surface area (Å²) >= 11 is 5.80. The van der Waals surface area contributed by atoms with Gasteiger partial charge in [0.25, 0.3) is 0 Å². The Balaban J connectivity index is 2.56. The van der Waals surface area contributed by atoms with E-state index in [9.17, 15) is 9.18 Å². The van der Waals surface area contributed by atoms with E-state index in [1.165, 1.54) is 18.2 Å². The Morgan fingerprint density at radius 3 is 2.82 bits per heavy atom. The molecular weight excluding hydrogens is 243 g/mol. The van der Waals surface area contributed by atoms with Crippen LogP contribution in [0.25, 0.3) is 0 Å². The van der Waals surface area contributed by atoms with Gasteiger partial charge in [-0.1, -0.05) is 18.5 Å². The van der Waals surface area contributed by atoms with Gasteiger partial charge in [0.2, 0.25) is 5.91 Å². The molecule has 0 aliphatic heterocycles. The first-order valence-electron chi connectivity index (χ1n) is 5.51. The molecule has 2 N–H and O–H groups in total. The zero-order valence-corrected chi connectivity index (χ0v) is 10.6. The second-order valence-corrected chi connectivity index (χ2v) is 4.24. The molecule has 17 heavy (non-hydrogen) atoms. The predicted octanol–water partition coefficient (Wildman–Crippen LogP) is 2.81. The quantitative estimate of drug-likeness (QED) is 0.853. The van der Waals surface area contributed by atoms with Gasteiger partial charge in [0.1, 0.15) is 5.82 Å². The van der Waals surface area contributed by atoms with Crippen LogP contribution in [0, 0.1) is 5.82 Å². The molecule has 0 radical (unpaired) electrons. The predicted molar refractivity (Wildman–Crippen MR) is 67.8 cm³/mol. The molecule has 1 atom stereocenters. The van der Waals surface area contributed by atoms with Gasteiger partial charge in [-0.25, -0.2) is 4.39 Å². The Morgan fingerprint density at radius 2 is 2.24 bits per heavy atom. The molecule has 1 aromatic carbocycles. The van der Waals surface area contributed by atoms with E-state index in [1.807, 2.05) is 13.8 Å². The highest BCUT2D eigenvalue weighted by Gasteiger charge is 2.10. The van der Waals surface area contributed by atoms with Crippen LogP contribution in [0.4, 0.5) is 10.1 Å². The largest absolute Gasteiger partial charge is 0.325 e. The average molecular weight is 259 g/mol. The summed E-state index contributed by atoms with van der Waals surface area (Å²) in [6.45, 7) is 4.71. The van der Waals surface area contributed by atoms with Gasteiger partial charge in [-0.15, -0.1) is 0 Å². The minimum atomic E-state index is -0.422. The number of anilines is 1. The van der Waals surface area contributed by atoms with E-state index in [0.29, 0.717) is 12.1 Å². The topological polar surface area (TPSA) is 41.1 Å². The highest BCUT2D eigenvalue weighted by molar-refractivity contribution is 6.33. The number of hydrogen-bond donors (Lipinski definition) is 2. The molecule has 0 bridgehead atoms. The van der Waals surface area contributed by atoms with Gasteiger partial charge < -0.3 is 10.6 Å². The monoisotopic (exact) mass is 258 g/mol. The molecule has 5 heteroatoms. The van der Waals surface area contributed by atoms with Crippen molar-refractivity contribution in [2.75, 3.05) is 11.9 Å². The summed E-state index contributed by atoms with van der Waals surface area (Å²) in [6, 6.07) is 3.98. The first kappa shape index (κ1) is 13.9. The van der Waals surface area contributed by atoms with Crippen LogP contribution in [0.1, 0.15) is 20.3 Å². The van der Waals surface area contributed by atoms with Crippen LogP contribution in [0.2, 0.25) is 5.02 Å². The zero-order chi connectivity index (χ0) is 12.8. The summed E-state index contributed by atoms with van der Waals surface area (Å²) in [5, 5.41) is 5.98. The molecular formula is C12H16ClFN2O. The van der Waals surface area contributed by atoms with Crippen molar-refractivity contribution in [3.63, 3.8) is 0 Å². The lowest BCUT2D eigenvalue weighted by Gasteiger charge is -2.12. The van der Waals surface area contributed by atoms with Crippen molar-refractivity contribution in [3.05, 3.63) is 29.0 Å². The Morgan fingerprint density at radius 1 is 1.53 bits per heavy atom. The lowest BCUT2D eigenvalue weighted by molar-refractivity contribution is -0.116. The molecule has 0 saturated carbocycles. The van der Waals surface area contributed by atoms with E-state index in [-0.39, 0.29) is 17.0 Å². The molecule has 1 rings (SSSR count). The maximum Gasteiger partial charge on any atom is 0.225 e. The molecule has 0 aliphatic rings. The third-order valence-electron chi connectivity index (χ3n) is 2.25. The fourth-order valence-corrected chi connectivity index (χ4v) is 1.71. The summed E-state index contributed by atoms with van der Waals surface area (Å²) in [5.41, 5.74) is 0.432. The maximum absolute atomic E-state index is 12.8. The molecule has 0 spiro atoms. The molecule has 1 unspecified atom stereocenters. The SMILES string of the molecule is CCNC(C)CC(=O)Nc1ccc(F)cc1Cl. The number of halogens is 2. The minimum absolute atomic E-state index is 0.0965. The normalized spacial score (nSPS) is 12.2. The molecule has 0 saturated heterocycles. The summed E-state index contributed by atoms with van der Waals surface area (Å²) in [6.07, 6.45) is 0.349. The van der Waals surface area contributed by atoms with Crippen molar-refractivity contribution < 1.29 is 9.18 Å². The molecule has 0 heterocycles. The molecule has 1 aromatic rings. The van der Waals surface area contributed by atoms with Crippen LogP contribution in [0.15, 0.2) is 18.2 Å². The molecule has 3 nitrogen and oxygen atoms in total. The fraction of sp³-hybridized carbons (Fsp3) is 0.417. The number of carbonyl (C=O) groups excluding carboxylic acids is 1. The Kier molecular flexibility index (Phi) is 5.38. The van der Waals surface area contributed by atoms with Gasteiger partial charge >= 0.3 is 0 Å². The standard InChI is InChI=1S/C12H16ClFN2O/c1-3-15-8(2)6-12(17)16-11-5-4-9(14)7-10(11)13/h4-5,7-8,15H,3,6H2,1-2H3,(H,16,17). The van der Waals surface area contributed by atoms with Gasteiger partial charge in [-0.05, 0) is 31.7 Å². The number of carbonyl (C=O) groups is 1. The molecule has 94 valence electrons. The van der Waals surface area contributed by atoms with Gasteiger partial charge in [0.05, 0.1) is 10.7 Å². The summed E-state index contributed by atoms with van der Waals surface area (Å²) in [7, 11) is 0. The minimum Gasteiger partial charge on any atom is -0.325 e. The molecule has 0 fully saturated rings. The molecule has 1 amide bonds. The first-order chi connectivity index (χ1) is 8.02. The molecule has 0 aromatic heterocycles. The van der Waals surface area contributed by atoms with Crippen LogP contribution in [0.5, 0.6) is 0 Å². The van der Waals surface area contributed by atoms with Crippen LogP contribution >= 0.6 is 11.6 Å². The van der Waals surface area contributed by atoms with Crippen molar-refractivity contribution >= 4 is 23.2 Å². The fourth-order valence-electron chi connectivity index (χ4n) is 1.49. The van der Waals surface area contributed by atoms with Gasteiger partial charge in [0, 0.05) is 12.5 Å². The van der Waals surface area contributed by atoms with E-state index in [1.54, 1.807) is 0 Å². The number of rotatable bonds is 5. The second kappa shape index (κ2) is 6.57. The lowest BCUT2D eigenvalue weighted by Crippen LogP contribution is -2.30. The van der Waals surface area contributed by atoms with E-state index in [4.69, 9.17) is 11.6 Å². The van der Waals surface area contributed by atoms with Gasteiger partial charge in [-0.3, -0.25) is 4.79 Å². The Bertz CT molecular complexity index is 398. The van der Waals surface area contributed by atoms with Crippen molar-refractivity contribution in [1.29, 1.82) is 0 Å². The summed E-state index contributed by atoms with van der Waals surface area (Å²) < 4.78 is 12.8.